The van der Waals surface area contributed by atoms with Crippen LogP contribution < -0.4 is 9.47 Å². The van der Waals surface area contributed by atoms with Crippen LogP contribution >= 0.6 is 0 Å². The maximum Gasteiger partial charge on any atom is 0.172 e. The van der Waals surface area contributed by atoms with E-state index < -0.39 is 23.4 Å². The van der Waals surface area contributed by atoms with Gasteiger partial charge in [0.1, 0.15) is 35.0 Å². The Morgan fingerprint density at radius 3 is 1.88 bits per heavy atom. The number of phenolic OH excluding ortho intramolecular Hbond substituents is 1. The van der Waals surface area contributed by atoms with Gasteiger partial charge in [-0.3, -0.25) is 4.79 Å². The third-order valence-electron chi connectivity index (χ3n) is 5.22. The number of rotatable bonds is 4. The number of aliphatic hydroxyl groups is 2. The van der Waals surface area contributed by atoms with E-state index in [-0.39, 0.29) is 23.0 Å². The number of hydrogen-bond acceptors (Lipinski definition) is 6. The number of benzene rings is 1. The zero-order valence-corrected chi connectivity index (χ0v) is 16.2. The van der Waals surface area contributed by atoms with Crippen LogP contribution in [-0.2, 0) is 12.8 Å². The zero-order chi connectivity index (χ0) is 19.6. The van der Waals surface area contributed by atoms with Crippen LogP contribution in [0.4, 0.5) is 0 Å². The van der Waals surface area contributed by atoms with E-state index in [4.69, 9.17) is 9.47 Å². The number of carbonyl (C=O) groups excluding carboxylic acids is 1. The fourth-order valence-electron chi connectivity index (χ4n) is 3.49. The Kier molecular flexibility index (Phi) is 4.28. The van der Waals surface area contributed by atoms with Crippen molar-refractivity contribution in [3.05, 3.63) is 16.7 Å². The van der Waals surface area contributed by atoms with Crippen LogP contribution in [-0.4, -0.2) is 44.5 Å². The van der Waals surface area contributed by atoms with E-state index in [9.17, 15) is 20.1 Å². The Bertz CT molecular complexity index is 751. The minimum atomic E-state index is -1.12. The van der Waals surface area contributed by atoms with E-state index >= 15 is 0 Å². The molecule has 3 N–H and O–H groups in total. The van der Waals surface area contributed by atoms with Gasteiger partial charge in [0.25, 0.3) is 0 Å². The molecule has 0 aromatic heterocycles. The molecule has 0 saturated carbocycles. The van der Waals surface area contributed by atoms with Gasteiger partial charge in [-0.2, -0.15) is 0 Å². The van der Waals surface area contributed by atoms with Crippen LogP contribution in [0.2, 0.25) is 0 Å². The minimum Gasteiger partial charge on any atom is -0.507 e. The summed E-state index contributed by atoms with van der Waals surface area (Å²) in [4.78, 5) is 12.8. The summed E-state index contributed by atoms with van der Waals surface area (Å²) in [5.74, 6) is 0.0886. The summed E-state index contributed by atoms with van der Waals surface area (Å²) < 4.78 is 11.9. The summed E-state index contributed by atoms with van der Waals surface area (Å²) in [6.07, 6.45) is -0.396. The second kappa shape index (κ2) is 5.86. The van der Waals surface area contributed by atoms with Crippen molar-refractivity contribution in [2.75, 3.05) is 0 Å². The number of phenols is 1. The first-order valence-corrected chi connectivity index (χ1v) is 9.05. The quantitative estimate of drug-likeness (QED) is 0.710. The predicted octanol–water partition coefficient (Wildman–Crippen LogP) is 2.38. The SMILES string of the molecule is CC(C)C(=O)c1c(O)c2c(c3c1O[C@@H](C(C)(C)O)C3)O[C@H](C(C)(C)O)C2. The van der Waals surface area contributed by atoms with Crippen LogP contribution in [0.25, 0.3) is 0 Å². The molecule has 0 aliphatic carbocycles. The van der Waals surface area contributed by atoms with Crippen LogP contribution in [0.5, 0.6) is 17.2 Å². The molecule has 0 spiro atoms. The van der Waals surface area contributed by atoms with Crippen LogP contribution in [0.1, 0.15) is 63.0 Å². The highest BCUT2D eigenvalue weighted by Crippen LogP contribution is 2.52. The fourth-order valence-corrected chi connectivity index (χ4v) is 3.49. The standard InChI is InChI=1S/C20H28O6/c1-9(2)15(21)14-16(22)10-7-12(19(3,4)23)25-17(10)11-8-13(20(5,6)24)26-18(11)14/h9,12-13,22-24H,7-8H2,1-6H3/t12-,13+/m0/s1. The summed E-state index contributed by atoms with van der Waals surface area (Å²) in [6.45, 7) is 10.1. The van der Waals surface area contributed by atoms with Crippen molar-refractivity contribution >= 4 is 5.78 Å². The molecular formula is C20H28O6. The molecule has 6 nitrogen and oxygen atoms in total. The Morgan fingerprint density at radius 2 is 1.42 bits per heavy atom. The zero-order valence-electron chi connectivity index (χ0n) is 16.2. The molecule has 0 amide bonds. The molecule has 3 rings (SSSR count). The molecule has 2 atom stereocenters. The van der Waals surface area contributed by atoms with E-state index in [0.29, 0.717) is 35.5 Å². The maximum absolute atomic E-state index is 12.8. The number of ketones is 1. The van der Waals surface area contributed by atoms with Crippen molar-refractivity contribution in [3.63, 3.8) is 0 Å². The second-order valence-corrected chi connectivity index (χ2v) is 8.79. The Morgan fingerprint density at radius 1 is 0.962 bits per heavy atom. The molecule has 0 radical (unpaired) electrons. The molecule has 6 heteroatoms. The molecule has 0 fully saturated rings. The number of ether oxygens (including phenoxy) is 2. The van der Waals surface area contributed by atoms with Crippen LogP contribution in [0, 0.1) is 5.92 Å². The fraction of sp³-hybridized carbons (Fsp3) is 0.650. The van der Waals surface area contributed by atoms with Gasteiger partial charge in [0.2, 0.25) is 0 Å². The lowest BCUT2D eigenvalue weighted by molar-refractivity contribution is -0.0253. The van der Waals surface area contributed by atoms with E-state index in [0.717, 1.165) is 0 Å². The van der Waals surface area contributed by atoms with E-state index in [1.165, 1.54) is 0 Å². The number of Topliss-reactive ketones (excluding diaryl/α,β-unsaturated/α-hetero) is 1. The smallest absolute Gasteiger partial charge is 0.172 e. The average molecular weight is 364 g/mol. The molecule has 0 unspecified atom stereocenters. The topological polar surface area (TPSA) is 96.2 Å². The van der Waals surface area contributed by atoms with Crippen molar-refractivity contribution in [3.8, 4) is 17.2 Å². The number of aromatic hydroxyl groups is 1. The Balaban J connectivity index is 2.17. The highest BCUT2D eigenvalue weighted by Gasteiger charge is 2.46. The van der Waals surface area contributed by atoms with Gasteiger partial charge in [-0.15, -0.1) is 0 Å². The first kappa shape index (κ1) is 19.0. The first-order chi connectivity index (χ1) is 11.8. The Hall–Kier alpha value is -1.79. The van der Waals surface area contributed by atoms with Gasteiger partial charge in [-0.1, -0.05) is 13.8 Å². The summed E-state index contributed by atoms with van der Waals surface area (Å²) in [5.41, 5.74) is -0.857. The van der Waals surface area contributed by atoms with E-state index in [2.05, 4.69) is 0 Å². The number of fused-ring (bicyclic) bond motifs is 3. The number of hydrogen-bond donors (Lipinski definition) is 3. The summed E-state index contributed by atoms with van der Waals surface area (Å²) >= 11 is 0. The van der Waals surface area contributed by atoms with Gasteiger partial charge in [0.05, 0.1) is 11.2 Å². The van der Waals surface area contributed by atoms with Crippen molar-refractivity contribution < 1.29 is 29.6 Å². The van der Waals surface area contributed by atoms with Gasteiger partial charge >= 0.3 is 0 Å². The minimum absolute atomic E-state index is 0.138. The first-order valence-electron chi connectivity index (χ1n) is 9.05. The predicted molar refractivity (Wildman–Crippen MR) is 96.1 cm³/mol. The molecule has 2 aliphatic heterocycles. The summed E-state index contributed by atoms with van der Waals surface area (Å²) in [6, 6.07) is 0. The normalized spacial score (nSPS) is 22.0. The summed E-state index contributed by atoms with van der Waals surface area (Å²) in [7, 11) is 0. The van der Waals surface area contributed by atoms with Gasteiger partial charge in [-0.25, -0.2) is 0 Å². The molecule has 0 saturated heterocycles. The summed E-state index contributed by atoms with van der Waals surface area (Å²) in [5, 5.41) is 31.5. The molecule has 1 aromatic rings. The van der Waals surface area contributed by atoms with Gasteiger partial charge in [0, 0.05) is 29.9 Å². The maximum atomic E-state index is 12.8. The largest absolute Gasteiger partial charge is 0.507 e. The van der Waals surface area contributed by atoms with E-state index in [1.54, 1.807) is 41.5 Å². The van der Waals surface area contributed by atoms with Crippen molar-refractivity contribution in [1.29, 1.82) is 0 Å². The molecule has 2 aliphatic rings. The lowest BCUT2D eigenvalue weighted by Crippen LogP contribution is -2.39. The lowest BCUT2D eigenvalue weighted by Gasteiger charge is -2.25. The molecule has 0 bridgehead atoms. The average Bonchev–Trinajstić information content (AvgIpc) is 3.09. The second-order valence-electron chi connectivity index (χ2n) is 8.79. The van der Waals surface area contributed by atoms with Gasteiger partial charge < -0.3 is 24.8 Å². The highest BCUT2D eigenvalue weighted by atomic mass is 16.5. The molecule has 144 valence electrons. The highest BCUT2D eigenvalue weighted by molar-refractivity contribution is 6.04. The molecule has 1 aromatic carbocycles. The van der Waals surface area contributed by atoms with E-state index in [1.807, 2.05) is 0 Å². The Labute approximate surface area is 153 Å². The molecular weight excluding hydrogens is 336 g/mol. The third-order valence-corrected chi connectivity index (χ3v) is 5.22. The van der Waals surface area contributed by atoms with Crippen molar-refractivity contribution in [1.82, 2.24) is 0 Å². The van der Waals surface area contributed by atoms with Crippen molar-refractivity contribution in [2.24, 2.45) is 5.92 Å². The number of carbonyl (C=O) groups is 1. The van der Waals surface area contributed by atoms with Crippen molar-refractivity contribution in [2.45, 2.75) is 77.8 Å². The van der Waals surface area contributed by atoms with Gasteiger partial charge in [0.15, 0.2) is 5.78 Å². The molecule has 26 heavy (non-hydrogen) atoms. The van der Waals surface area contributed by atoms with Gasteiger partial charge in [-0.05, 0) is 27.7 Å². The van der Waals surface area contributed by atoms with Crippen LogP contribution in [0.15, 0.2) is 0 Å². The third kappa shape index (κ3) is 2.95. The monoisotopic (exact) mass is 364 g/mol. The lowest BCUT2D eigenvalue weighted by atomic mass is 9.89. The van der Waals surface area contributed by atoms with Crippen LogP contribution in [0.3, 0.4) is 0 Å². The molecule has 2 heterocycles.